The number of aromatic nitrogens is 1. The minimum Gasteiger partial charge on any atom is -0.443 e. The van der Waals surface area contributed by atoms with Gasteiger partial charge in [-0.15, -0.1) is 0 Å². The fourth-order valence-corrected chi connectivity index (χ4v) is 6.99. The van der Waals surface area contributed by atoms with E-state index >= 15 is 0 Å². The van der Waals surface area contributed by atoms with Crippen LogP contribution in [0, 0.1) is 0 Å². The second kappa shape index (κ2) is 12.8. The first-order valence-corrected chi connectivity index (χ1v) is 19.4. The molecule has 5 rings (SSSR count). The second-order valence-electron chi connectivity index (χ2n) is 15.6. The third-order valence-electron chi connectivity index (χ3n) is 9.65. The van der Waals surface area contributed by atoms with Gasteiger partial charge in [0.1, 0.15) is 5.60 Å². The number of carbonyl (C=O) groups is 2. The highest BCUT2D eigenvalue weighted by molar-refractivity contribution is 6.74. The van der Waals surface area contributed by atoms with Crippen LogP contribution in [-0.4, -0.2) is 93.7 Å². The monoisotopic (exact) mass is 647 g/mol. The number of nitrogens with one attached hydrogen (secondary N) is 1. The molecule has 2 aliphatic heterocycles. The van der Waals surface area contributed by atoms with E-state index in [1.54, 1.807) is 4.57 Å². The van der Waals surface area contributed by atoms with Crippen LogP contribution in [0.3, 0.4) is 0 Å². The van der Waals surface area contributed by atoms with Crippen LogP contribution in [0.25, 0.3) is 22.2 Å². The summed E-state index contributed by atoms with van der Waals surface area (Å²) in [5.74, 6) is -0.123. The molecule has 2 aliphatic rings. The Morgan fingerprint density at radius 3 is 2.26 bits per heavy atom. The summed E-state index contributed by atoms with van der Waals surface area (Å²) in [6, 6.07) is 12.4. The third kappa shape index (κ3) is 7.35. The van der Waals surface area contributed by atoms with Crippen LogP contribution in [0.5, 0.6) is 0 Å². The summed E-state index contributed by atoms with van der Waals surface area (Å²) >= 11 is 0. The number of hydrogen-bond donors (Lipinski definition) is 1. The van der Waals surface area contributed by atoms with Crippen LogP contribution in [0.1, 0.15) is 63.0 Å². The van der Waals surface area contributed by atoms with Crippen molar-refractivity contribution in [3.8, 4) is 11.3 Å². The molecule has 0 saturated carbocycles. The summed E-state index contributed by atoms with van der Waals surface area (Å²) in [4.78, 5) is 33.8. The van der Waals surface area contributed by atoms with Gasteiger partial charge in [-0.3, -0.25) is 14.6 Å². The number of anilines is 1. The van der Waals surface area contributed by atoms with Crippen LogP contribution in [0.2, 0.25) is 18.1 Å². The Labute approximate surface area is 275 Å². The molecule has 1 N–H and O–H groups in total. The van der Waals surface area contributed by atoms with E-state index in [1.807, 2.05) is 64.0 Å². The number of nitrogens with zero attached hydrogens (tertiary/aromatic N) is 4. The lowest BCUT2D eigenvalue weighted by molar-refractivity contribution is 0.0547. The molecule has 3 aromatic rings. The van der Waals surface area contributed by atoms with Gasteiger partial charge in [-0.1, -0.05) is 26.8 Å². The van der Waals surface area contributed by atoms with Crippen LogP contribution in [-0.2, 0) is 22.3 Å². The smallest absolute Gasteiger partial charge is 0.419 e. The zero-order valence-corrected chi connectivity index (χ0v) is 30.5. The molecule has 1 aromatic heterocycles. The maximum atomic E-state index is 13.8. The lowest BCUT2D eigenvalue weighted by Crippen LogP contribution is -2.48. The lowest BCUT2D eigenvalue weighted by Gasteiger charge is -2.38. The Kier molecular flexibility index (Phi) is 9.49. The average molecular weight is 648 g/mol. The van der Waals surface area contributed by atoms with E-state index in [0.29, 0.717) is 17.8 Å². The van der Waals surface area contributed by atoms with Crippen molar-refractivity contribution >= 4 is 36.9 Å². The van der Waals surface area contributed by atoms with Crippen molar-refractivity contribution in [2.75, 3.05) is 58.3 Å². The SMILES string of the molecule is CN(C)c1cc2c(c(-c3cc4cc(CN5CCN(CCO[Si](C)(C)C(C)(C)C)CC5)ccc4n3C(=O)OC(C)(C)C)c1)C(=O)NC2. The van der Waals surface area contributed by atoms with Gasteiger partial charge in [0.05, 0.1) is 16.8 Å². The van der Waals surface area contributed by atoms with Gasteiger partial charge in [0.15, 0.2) is 8.32 Å². The number of fused-ring (bicyclic) bond motifs is 2. The Morgan fingerprint density at radius 2 is 1.63 bits per heavy atom. The lowest BCUT2D eigenvalue weighted by atomic mass is 9.98. The summed E-state index contributed by atoms with van der Waals surface area (Å²) in [6.45, 7) is 24.2. The van der Waals surface area contributed by atoms with Gasteiger partial charge in [0, 0.05) is 83.2 Å². The fourth-order valence-electron chi connectivity index (χ4n) is 5.96. The second-order valence-corrected chi connectivity index (χ2v) is 20.4. The first-order chi connectivity index (χ1) is 21.4. The largest absolute Gasteiger partial charge is 0.443 e. The molecule has 250 valence electrons. The van der Waals surface area contributed by atoms with Gasteiger partial charge in [0.25, 0.3) is 5.91 Å². The van der Waals surface area contributed by atoms with Gasteiger partial charge < -0.3 is 19.4 Å². The molecule has 0 aliphatic carbocycles. The first-order valence-electron chi connectivity index (χ1n) is 16.5. The van der Waals surface area contributed by atoms with E-state index < -0.39 is 20.0 Å². The molecule has 3 heterocycles. The zero-order chi connectivity index (χ0) is 33.6. The van der Waals surface area contributed by atoms with Crippen LogP contribution in [0.4, 0.5) is 10.5 Å². The Morgan fingerprint density at radius 1 is 0.957 bits per heavy atom. The number of rotatable bonds is 8. The summed E-state index contributed by atoms with van der Waals surface area (Å²) in [6.07, 6.45) is -0.457. The van der Waals surface area contributed by atoms with E-state index in [1.165, 1.54) is 5.56 Å². The molecule has 2 aromatic carbocycles. The predicted molar refractivity (Wildman–Crippen MR) is 189 cm³/mol. The number of amides is 1. The molecule has 0 unspecified atom stereocenters. The van der Waals surface area contributed by atoms with Crippen molar-refractivity contribution in [2.24, 2.45) is 0 Å². The first kappa shape index (κ1) is 34.2. The molecule has 0 bridgehead atoms. The molecule has 0 atom stereocenters. The van der Waals surface area contributed by atoms with Crippen LogP contribution < -0.4 is 10.2 Å². The van der Waals surface area contributed by atoms with E-state index in [2.05, 4.69) is 61.1 Å². The normalized spacial score (nSPS) is 16.5. The van der Waals surface area contributed by atoms with Crippen LogP contribution in [0.15, 0.2) is 36.4 Å². The minimum atomic E-state index is -1.73. The van der Waals surface area contributed by atoms with E-state index in [-0.39, 0.29) is 10.9 Å². The molecule has 0 radical (unpaired) electrons. The van der Waals surface area contributed by atoms with E-state index in [9.17, 15) is 9.59 Å². The van der Waals surface area contributed by atoms with Crippen molar-refractivity contribution in [2.45, 2.75) is 78.4 Å². The number of benzene rings is 2. The fraction of sp³-hybridized carbons (Fsp3) is 0.556. The molecule has 0 spiro atoms. The molecule has 9 nitrogen and oxygen atoms in total. The number of hydrogen-bond acceptors (Lipinski definition) is 7. The van der Waals surface area contributed by atoms with Crippen LogP contribution >= 0.6 is 0 Å². The Balaban J connectivity index is 1.38. The highest BCUT2D eigenvalue weighted by Crippen LogP contribution is 2.38. The Bertz CT molecular complexity index is 1610. The van der Waals surface area contributed by atoms with Crippen molar-refractivity contribution in [1.29, 1.82) is 0 Å². The number of carbonyl (C=O) groups excluding carboxylic acids is 2. The summed E-state index contributed by atoms with van der Waals surface area (Å²) < 4.78 is 13.9. The molecule has 1 amide bonds. The summed E-state index contributed by atoms with van der Waals surface area (Å²) in [7, 11) is 2.23. The standard InChI is InChI=1S/C36H53N5O4Si/c1-35(2,3)45-34(43)41-30-12-11-25(24-40-15-13-39(14-16-40)17-18-44-46(9,10)36(4,5)6)19-26(30)21-31(41)29-22-28(38(7)8)20-27-23-37-33(42)32(27)29/h11-12,19-22H,13-18,23-24H2,1-10H3,(H,37,42). The van der Waals surface area contributed by atoms with Crippen molar-refractivity contribution in [3.63, 3.8) is 0 Å². The van der Waals surface area contributed by atoms with Crippen molar-refractivity contribution < 1.29 is 18.8 Å². The molecule has 1 fully saturated rings. The van der Waals surface area contributed by atoms with Gasteiger partial charge in [-0.05, 0) is 80.4 Å². The van der Waals surface area contributed by atoms with E-state index in [4.69, 9.17) is 9.16 Å². The maximum Gasteiger partial charge on any atom is 0.419 e. The number of ether oxygens (including phenoxy) is 1. The third-order valence-corrected chi connectivity index (χ3v) is 14.2. The highest BCUT2D eigenvalue weighted by Gasteiger charge is 2.37. The van der Waals surface area contributed by atoms with Gasteiger partial charge in [0.2, 0.25) is 0 Å². The summed E-state index contributed by atoms with van der Waals surface area (Å²) in [5, 5.41) is 4.14. The topological polar surface area (TPSA) is 79.3 Å². The van der Waals surface area contributed by atoms with Gasteiger partial charge in [-0.2, -0.15) is 0 Å². The van der Waals surface area contributed by atoms with Crippen molar-refractivity contribution in [3.05, 3.63) is 53.1 Å². The molecular formula is C36H53N5O4Si. The Hall–Kier alpha value is -3.18. The predicted octanol–water partition coefficient (Wildman–Crippen LogP) is 6.54. The molecule has 46 heavy (non-hydrogen) atoms. The maximum absolute atomic E-state index is 13.8. The highest BCUT2D eigenvalue weighted by atomic mass is 28.4. The summed E-state index contributed by atoms with van der Waals surface area (Å²) in [5.41, 5.74) is 5.19. The van der Waals surface area contributed by atoms with E-state index in [0.717, 1.165) is 73.6 Å². The van der Waals surface area contributed by atoms with Crippen molar-refractivity contribution in [1.82, 2.24) is 19.7 Å². The number of piperazine rings is 1. The average Bonchev–Trinajstić information content (AvgIpc) is 3.52. The molecule has 1 saturated heterocycles. The molecular weight excluding hydrogens is 595 g/mol. The minimum absolute atomic E-state index is 0.123. The molecule has 10 heteroatoms. The van der Waals surface area contributed by atoms with Gasteiger partial charge in [-0.25, -0.2) is 9.36 Å². The van der Waals surface area contributed by atoms with Gasteiger partial charge >= 0.3 is 6.09 Å². The zero-order valence-electron chi connectivity index (χ0n) is 29.5. The quantitative estimate of drug-likeness (QED) is 0.278.